The van der Waals surface area contributed by atoms with E-state index in [-0.39, 0.29) is 0 Å². The first-order valence-electron chi connectivity index (χ1n) is 13.0. The van der Waals surface area contributed by atoms with Crippen LogP contribution in [0.4, 0.5) is 0 Å². The summed E-state index contributed by atoms with van der Waals surface area (Å²) in [5.41, 5.74) is 6.90. The van der Waals surface area contributed by atoms with Gasteiger partial charge in [0.2, 0.25) is 0 Å². The third-order valence-corrected chi connectivity index (χ3v) is 8.71. The number of thiophene rings is 1. The van der Waals surface area contributed by atoms with Crippen LogP contribution in [0, 0.1) is 5.41 Å². The summed E-state index contributed by atoms with van der Waals surface area (Å²) in [6, 6.07) is 43.2. The molecule has 1 N–H and O–H groups in total. The number of fused-ring (bicyclic) bond motifs is 4. The highest BCUT2D eigenvalue weighted by molar-refractivity contribution is 7.25. The summed E-state index contributed by atoms with van der Waals surface area (Å²) in [5.74, 6) is 0. The number of hydrogen-bond donors (Lipinski definition) is 1. The van der Waals surface area contributed by atoms with Crippen LogP contribution in [0.1, 0.15) is 0 Å². The lowest BCUT2D eigenvalue weighted by atomic mass is 9.88. The summed E-state index contributed by atoms with van der Waals surface area (Å²) in [6.07, 6.45) is 3.27. The third-order valence-electron chi connectivity index (χ3n) is 7.56. The molecule has 2 heteroatoms. The Morgan fingerprint density at radius 1 is 0.513 bits per heavy atom. The quantitative estimate of drug-likeness (QED) is 0.226. The van der Waals surface area contributed by atoms with Crippen molar-refractivity contribution in [1.82, 2.24) is 0 Å². The Morgan fingerprint density at radius 3 is 1.82 bits per heavy atom. The Balaban J connectivity index is 1.50. The molecule has 0 bridgehead atoms. The van der Waals surface area contributed by atoms with Crippen molar-refractivity contribution in [3.63, 3.8) is 0 Å². The van der Waals surface area contributed by atoms with Gasteiger partial charge in [0.15, 0.2) is 0 Å². The van der Waals surface area contributed by atoms with Gasteiger partial charge in [0, 0.05) is 26.4 Å². The lowest BCUT2D eigenvalue weighted by Gasteiger charge is -2.16. The molecular formula is C37H25NS. The molecule has 0 saturated carbocycles. The standard InChI is InChI=1S/C37H25NS/c1-24-29(21-22-38)37(28-19-20-35-33(23-28)30-11-7-8-14-34(30)39-35)32-13-6-5-12-31(32)36(24)27-17-15-26(16-18-27)25-9-3-2-4-10-25/h2-23,38H,1H2/b29-21+,38-22?. The van der Waals surface area contributed by atoms with Crippen LogP contribution in [0.3, 0.4) is 0 Å². The van der Waals surface area contributed by atoms with Crippen LogP contribution in [0.5, 0.6) is 0 Å². The number of nitrogens with one attached hydrogen (secondary N) is 1. The number of benzene rings is 6. The van der Waals surface area contributed by atoms with Crippen molar-refractivity contribution >= 4 is 61.2 Å². The van der Waals surface area contributed by atoms with Crippen LogP contribution in [-0.4, -0.2) is 6.21 Å². The van der Waals surface area contributed by atoms with Gasteiger partial charge in [-0.2, -0.15) is 0 Å². The summed E-state index contributed by atoms with van der Waals surface area (Å²) >= 11 is 1.83. The fourth-order valence-electron chi connectivity index (χ4n) is 5.76. The maximum atomic E-state index is 8.01. The minimum absolute atomic E-state index is 0.940. The Kier molecular flexibility index (Phi) is 5.69. The fourth-order valence-corrected chi connectivity index (χ4v) is 6.85. The Hall–Kier alpha value is -4.79. The van der Waals surface area contributed by atoms with Crippen LogP contribution in [0.15, 0.2) is 121 Å². The van der Waals surface area contributed by atoms with Gasteiger partial charge in [0.1, 0.15) is 0 Å². The molecule has 0 amide bonds. The zero-order valence-electron chi connectivity index (χ0n) is 21.3. The van der Waals surface area contributed by atoms with E-state index in [1.807, 2.05) is 23.5 Å². The first-order chi connectivity index (χ1) is 19.2. The lowest BCUT2D eigenvalue weighted by Crippen LogP contribution is -2.28. The average molecular weight is 516 g/mol. The normalized spacial score (nSPS) is 11.9. The second kappa shape index (κ2) is 9.50. The van der Waals surface area contributed by atoms with E-state index in [9.17, 15) is 0 Å². The zero-order chi connectivity index (χ0) is 26.3. The number of hydrogen-bond acceptors (Lipinski definition) is 2. The minimum atomic E-state index is 0.940. The molecule has 0 saturated heterocycles. The first-order valence-corrected chi connectivity index (χ1v) is 13.9. The van der Waals surface area contributed by atoms with E-state index >= 15 is 0 Å². The van der Waals surface area contributed by atoms with Crippen molar-refractivity contribution in [1.29, 1.82) is 5.41 Å². The highest BCUT2D eigenvalue weighted by atomic mass is 32.1. The van der Waals surface area contributed by atoms with E-state index in [0.29, 0.717) is 0 Å². The van der Waals surface area contributed by atoms with Crippen LogP contribution >= 0.6 is 11.3 Å². The van der Waals surface area contributed by atoms with Gasteiger partial charge >= 0.3 is 0 Å². The van der Waals surface area contributed by atoms with Crippen LogP contribution < -0.4 is 10.4 Å². The van der Waals surface area contributed by atoms with E-state index in [0.717, 1.165) is 32.7 Å². The van der Waals surface area contributed by atoms with Crippen molar-refractivity contribution in [3.8, 4) is 33.4 Å². The molecule has 0 fully saturated rings. The molecule has 1 nitrogen and oxygen atoms in total. The van der Waals surface area contributed by atoms with E-state index in [1.54, 1.807) is 0 Å². The number of rotatable bonds is 4. The van der Waals surface area contributed by atoms with Gasteiger partial charge in [-0.25, -0.2) is 0 Å². The fraction of sp³-hybridized carbons (Fsp3) is 0. The van der Waals surface area contributed by atoms with Gasteiger partial charge in [-0.05, 0) is 78.9 Å². The van der Waals surface area contributed by atoms with E-state index in [4.69, 9.17) is 5.41 Å². The Bertz CT molecular complexity index is 2140. The van der Waals surface area contributed by atoms with Crippen LogP contribution in [-0.2, 0) is 0 Å². The molecule has 184 valence electrons. The van der Waals surface area contributed by atoms with Crippen molar-refractivity contribution in [3.05, 3.63) is 132 Å². The van der Waals surface area contributed by atoms with Crippen molar-refractivity contribution in [2.24, 2.45) is 0 Å². The lowest BCUT2D eigenvalue weighted by molar-refractivity contribution is 1.53. The van der Waals surface area contributed by atoms with Gasteiger partial charge in [0.25, 0.3) is 0 Å². The summed E-state index contributed by atoms with van der Waals surface area (Å²) < 4.78 is 2.58. The van der Waals surface area contributed by atoms with E-state index in [2.05, 4.69) is 122 Å². The smallest absolute Gasteiger partial charge is 0.0355 e. The molecule has 7 rings (SSSR count). The average Bonchev–Trinajstić information content (AvgIpc) is 3.36. The van der Waals surface area contributed by atoms with Gasteiger partial charge in [-0.15, -0.1) is 11.3 Å². The monoisotopic (exact) mass is 515 g/mol. The van der Waals surface area contributed by atoms with Gasteiger partial charge in [-0.3, -0.25) is 0 Å². The van der Waals surface area contributed by atoms with Crippen molar-refractivity contribution < 1.29 is 0 Å². The molecule has 0 unspecified atom stereocenters. The molecule has 7 aromatic rings. The second-order valence-electron chi connectivity index (χ2n) is 9.77. The molecule has 0 aliphatic carbocycles. The maximum Gasteiger partial charge on any atom is 0.0355 e. The van der Waals surface area contributed by atoms with Gasteiger partial charge in [0.05, 0.1) is 0 Å². The summed E-state index contributed by atoms with van der Waals surface area (Å²) in [6.45, 7) is 4.60. The molecule has 6 aromatic carbocycles. The van der Waals surface area contributed by atoms with Crippen molar-refractivity contribution in [2.45, 2.75) is 0 Å². The zero-order valence-corrected chi connectivity index (χ0v) is 22.1. The minimum Gasteiger partial charge on any atom is -0.309 e. The molecular weight excluding hydrogens is 490 g/mol. The first kappa shape index (κ1) is 23.3. The predicted octanol–water partition coefficient (Wildman–Crippen LogP) is 9.05. The molecule has 1 aromatic heterocycles. The molecule has 0 aliphatic heterocycles. The summed E-state index contributed by atoms with van der Waals surface area (Å²) in [5, 5.41) is 14.8. The molecule has 1 heterocycles. The van der Waals surface area contributed by atoms with Crippen molar-refractivity contribution in [2.75, 3.05) is 0 Å². The van der Waals surface area contributed by atoms with Crippen LogP contribution in [0.25, 0.3) is 77.0 Å². The molecule has 0 aliphatic rings. The summed E-state index contributed by atoms with van der Waals surface area (Å²) in [4.78, 5) is 0. The topological polar surface area (TPSA) is 23.9 Å². The highest BCUT2D eigenvalue weighted by Crippen LogP contribution is 2.38. The predicted molar refractivity (Wildman–Crippen MR) is 171 cm³/mol. The molecule has 0 radical (unpaired) electrons. The second-order valence-corrected chi connectivity index (χ2v) is 10.9. The van der Waals surface area contributed by atoms with Crippen LogP contribution in [0.2, 0.25) is 0 Å². The molecule has 0 atom stereocenters. The SMILES string of the molecule is C=c1c(-c2ccc(-c3ccccc3)cc2)c2ccccc2c(-c2ccc3sc4ccccc4c3c2)/c1=C/C=N. The molecule has 39 heavy (non-hydrogen) atoms. The van der Waals surface area contributed by atoms with E-state index in [1.165, 1.54) is 48.3 Å². The van der Waals surface area contributed by atoms with Gasteiger partial charge in [-0.1, -0.05) is 110 Å². The van der Waals surface area contributed by atoms with E-state index < -0.39 is 0 Å². The molecule has 0 spiro atoms. The Morgan fingerprint density at radius 2 is 1.08 bits per heavy atom. The van der Waals surface area contributed by atoms with Gasteiger partial charge < -0.3 is 5.41 Å². The maximum absolute atomic E-state index is 8.01. The largest absolute Gasteiger partial charge is 0.309 e. The third kappa shape index (κ3) is 3.89. The highest BCUT2D eigenvalue weighted by Gasteiger charge is 2.15. The Labute approximate surface area is 231 Å². The summed E-state index contributed by atoms with van der Waals surface area (Å²) in [7, 11) is 0.